The first-order valence-electron chi connectivity index (χ1n) is 12.7. The summed E-state index contributed by atoms with van der Waals surface area (Å²) in [7, 11) is 0. The number of aryl methyl sites for hydroxylation is 2. The molecule has 1 aromatic heterocycles. The van der Waals surface area contributed by atoms with Crippen molar-refractivity contribution < 1.29 is 24.0 Å². The number of benzene rings is 4. The molecule has 0 bridgehead atoms. The molecular formula is C32H24N2O5. The molecule has 1 aliphatic heterocycles. The lowest BCUT2D eigenvalue weighted by molar-refractivity contribution is 0.0513. The molecule has 0 unspecified atom stereocenters. The number of ether oxygens (including phenoxy) is 1. The Balaban J connectivity index is 1.42. The molecule has 0 saturated heterocycles. The second kappa shape index (κ2) is 9.68. The number of oxime groups is 1. The van der Waals surface area contributed by atoms with E-state index in [-0.39, 0.29) is 23.9 Å². The maximum atomic E-state index is 13.4. The summed E-state index contributed by atoms with van der Waals surface area (Å²) in [6.45, 7) is 4.51. The number of nitrogens with zero attached hydrogens (tertiary/aromatic N) is 2. The number of hydrogen-bond acceptors (Lipinski definition) is 6. The maximum Gasteiger partial charge on any atom is 0.365 e. The summed E-state index contributed by atoms with van der Waals surface area (Å²) in [5.74, 6) is -0.662. The second-order valence-electron chi connectivity index (χ2n) is 9.36. The lowest BCUT2D eigenvalue weighted by Gasteiger charge is -2.18. The maximum absolute atomic E-state index is 13.4. The number of aromatic nitrogens is 1. The highest BCUT2D eigenvalue weighted by atomic mass is 16.7. The van der Waals surface area contributed by atoms with Gasteiger partial charge >= 0.3 is 5.97 Å². The standard InChI is InChI=1S/C32H24N2O5/c1-3-34-26-15-13-21(29(35)22-12-8-7-9-19(22)2)17-24(26)28-27(34)16-14-23-30(36)25(18-38-31(23)28)33-39-32(37)20-10-5-4-6-11-20/h4-17H,3,18H2,1-2H3/b33-25+. The molecule has 0 amide bonds. The van der Waals surface area contributed by atoms with E-state index in [1.165, 1.54) is 0 Å². The van der Waals surface area contributed by atoms with E-state index in [1.54, 1.807) is 36.4 Å². The van der Waals surface area contributed by atoms with Gasteiger partial charge in [-0.25, -0.2) is 4.79 Å². The average Bonchev–Trinajstić information content (AvgIpc) is 3.30. The SMILES string of the molecule is CCn1c2ccc(C(=O)c3ccccc3C)cc2c2c3c(ccc21)C(=O)/C(=N/OC(=O)c1ccccc1)CO3. The van der Waals surface area contributed by atoms with E-state index in [2.05, 4.69) is 9.72 Å². The normalized spacial score (nSPS) is 13.9. The predicted molar refractivity (Wildman–Crippen MR) is 149 cm³/mol. The van der Waals surface area contributed by atoms with Crippen LogP contribution in [0.2, 0.25) is 0 Å². The molecule has 7 heteroatoms. The van der Waals surface area contributed by atoms with Crippen molar-refractivity contribution in [2.45, 2.75) is 20.4 Å². The van der Waals surface area contributed by atoms with Crippen LogP contribution in [0.4, 0.5) is 0 Å². The zero-order chi connectivity index (χ0) is 27.1. The van der Waals surface area contributed by atoms with Gasteiger partial charge in [-0.2, -0.15) is 0 Å². The highest BCUT2D eigenvalue weighted by Crippen LogP contribution is 2.40. The van der Waals surface area contributed by atoms with Crippen molar-refractivity contribution in [2.75, 3.05) is 6.61 Å². The van der Waals surface area contributed by atoms with Gasteiger partial charge in [-0.3, -0.25) is 9.59 Å². The van der Waals surface area contributed by atoms with E-state index < -0.39 is 5.97 Å². The third-order valence-corrected chi connectivity index (χ3v) is 7.06. The summed E-state index contributed by atoms with van der Waals surface area (Å²) in [6, 6.07) is 25.2. The lowest BCUT2D eigenvalue weighted by atomic mass is 9.96. The first kappa shape index (κ1) is 24.3. The van der Waals surface area contributed by atoms with E-state index in [1.807, 2.05) is 62.4 Å². The Hall–Kier alpha value is -5.04. The predicted octanol–water partition coefficient (Wildman–Crippen LogP) is 6.14. The molecule has 4 aromatic carbocycles. The summed E-state index contributed by atoms with van der Waals surface area (Å²) in [5.41, 5.74) is 4.61. The minimum Gasteiger partial charge on any atom is -0.485 e. The summed E-state index contributed by atoms with van der Waals surface area (Å²) in [5, 5.41) is 5.41. The number of ketones is 2. The van der Waals surface area contributed by atoms with Gasteiger partial charge in [0, 0.05) is 28.6 Å². The van der Waals surface area contributed by atoms with Crippen molar-refractivity contribution in [2.24, 2.45) is 5.16 Å². The van der Waals surface area contributed by atoms with E-state index in [0.717, 1.165) is 27.4 Å². The zero-order valence-electron chi connectivity index (χ0n) is 21.4. The fraction of sp³-hybridized carbons (Fsp3) is 0.125. The lowest BCUT2D eigenvalue weighted by Crippen LogP contribution is -2.28. The van der Waals surface area contributed by atoms with E-state index in [0.29, 0.717) is 34.5 Å². The molecule has 1 aliphatic rings. The number of fused-ring (bicyclic) bond motifs is 5. The van der Waals surface area contributed by atoms with E-state index >= 15 is 0 Å². The van der Waals surface area contributed by atoms with E-state index in [9.17, 15) is 14.4 Å². The Kier molecular flexibility index (Phi) is 6.04. The van der Waals surface area contributed by atoms with Crippen LogP contribution in [0, 0.1) is 6.92 Å². The Morgan fingerprint density at radius 2 is 1.67 bits per heavy atom. The molecule has 192 valence electrons. The zero-order valence-corrected chi connectivity index (χ0v) is 21.4. The molecule has 0 fully saturated rings. The second-order valence-corrected chi connectivity index (χ2v) is 9.36. The van der Waals surface area contributed by atoms with Crippen LogP contribution >= 0.6 is 0 Å². The van der Waals surface area contributed by atoms with Gasteiger partial charge in [0.25, 0.3) is 0 Å². The Morgan fingerprint density at radius 1 is 0.923 bits per heavy atom. The van der Waals surface area contributed by atoms with Gasteiger partial charge in [0.2, 0.25) is 5.78 Å². The van der Waals surface area contributed by atoms with Gasteiger partial charge in [0.05, 0.1) is 22.0 Å². The molecule has 0 N–H and O–H groups in total. The first-order valence-corrected chi connectivity index (χ1v) is 12.7. The van der Waals surface area contributed by atoms with Gasteiger partial charge < -0.3 is 14.1 Å². The molecule has 6 rings (SSSR count). The highest BCUT2D eigenvalue weighted by Gasteiger charge is 2.30. The van der Waals surface area contributed by atoms with Gasteiger partial charge in [-0.05, 0) is 61.9 Å². The molecule has 0 spiro atoms. The number of hydrogen-bond donors (Lipinski definition) is 0. The Bertz CT molecular complexity index is 1830. The third-order valence-electron chi connectivity index (χ3n) is 7.06. The van der Waals surface area contributed by atoms with Crippen molar-refractivity contribution in [3.63, 3.8) is 0 Å². The van der Waals surface area contributed by atoms with Crippen LogP contribution in [0.15, 0.2) is 90.1 Å². The molecular weight excluding hydrogens is 492 g/mol. The molecule has 0 saturated carbocycles. The molecule has 0 aliphatic carbocycles. The van der Waals surface area contributed by atoms with Crippen molar-refractivity contribution in [3.05, 3.63) is 113 Å². The van der Waals surface area contributed by atoms with Crippen LogP contribution in [0.3, 0.4) is 0 Å². The fourth-order valence-electron chi connectivity index (χ4n) is 5.11. The van der Waals surface area contributed by atoms with Gasteiger partial charge in [0.1, 0.15) is 12.4 Å². The van der Waals surface area contributed by atoms with Crippen molar-refractivity contribution in [1.82, 2.24) is 4.57 Å². The molecule has 39 heavy (non-hydrogen) atoms. The van der Waals surface area contributed by atoms with Crippen LogP contribution in [0.5, 0.6) is 5.75 Å². The monoisotopic (exact) mass is 516 g/mol. The van der Waals surface area contributed by atoms with Crippen LogP contribution < -0.4 is 4.74 Å². The van der Waals surface area contributed by atoms with Crippen LogP contribution in [0.1, 0.15) is 49.1 Å². The minimum absolute atomic E-state index is 0.000723. The molecule has 0 radical (unpaired) electrons. The molecule has 5 aromatic rings. The van der Waals surface area contributed by atoms with Crippen LogP contribution in [-0.4, -0.2) is 34.4 Å². The fourth-order valence-corrected chi connectivity index (χ4v) is 5.11. The van der Waals surface area contributed by atoms with Crippen LogP contribution in [-0.2, 0) is 11.4 Å². The number of carbonyl (C=O) groups is 3. The van der Waals surface area contributed by atoms with Crippen molar-refractivity contribution in [1.29, 1.82) is 0 Å². The minimum atomic E-state index is -0.658. The van der Waals surface area contributed by atoms with Crippen LogP contribution in [0.25, 0.3) is 21.8 Å². The van der Waals surface area contributed by atoms with Gasteiger partial charge in [-0.1, -0.05) is 47.6 Å². The summed E-state index contributed by atoms with van der Waals surface area (Å²) in [6.07, 6.45) is 0. The first-order chi connectivity index (χ1) is 19.0. The molecule has 0 atom stereocenters. The third kappa shape index (κ3) is 4.08. The Morgan fingerprint density at radius 3 is 2.44 bits per heavy atom. The number of carbonyl (C=O) groups excluding carboxylic acids is 3. The van der Waals surface area contributed by atoms with Gasteiger partial charge in [0.15, 0.2) is 11.5 Å². The average molecular weight is 517 g/mol. The quantitative estimate of drug-likeness (QED) is 0.159. The largest absolute Gasteiger partial charge is 0.485 e. The summed E-state index contributed by atoms with van der Waals surface area (Å²) >= 11 is 0. The Labute approximate surface area is 224 Å². The molecule has 7 nitrogen and oxygen atoms in total. The number of Topliss-reactive ketones (excluding diaryl/α,β-unsaturated/α-hetero) is 1. The van der Waals surface area contributed by atoms with Crippen molar-refractivity contribution >= 4 is 45.1 Å². The molecule has 2 heterocycles. The summed E-state index contributed by atoms with van der Waals surface area (Å²) in [4.78, 5) is 44.1. The smallest absolute Gasteiger partial charge is 0.365 e. The number of rotatable bonds is 5. The topological polar surface area (TPSA) is 87.0 Å². The summed E-state index contributed by atoms with van der Waals surface area (Å²) < 4.78 is 8.22. The van der Waals surface area contributed by atoms with E-state index in [4.69, 9.17) is 9.57 Å². The van der Waals surface area contributed by atoms with Crippen molar-refractivity contribution in [3.8, 4) is 5.75 Å². The highest BCUT2D eigenvalue weighted by molar-refractivity contribution is 6.48. The van der Waals surface area contributed by atoms with Gasteiger partial charge in [-0.15, -0.1) is 0 Å².